The number of rotatable bonds is 3. The van der Waals surface area contributed by atoms with Crippen LogP contribution in [-0.2, 0) is 4.79 Å². The van der Waals surface area contributed by atoms with Crippen molar-refractivity contribution in [3.05, 3.63) is 35.9 Å². The molecule has 4 nitrogen and oxygen atoms in total. The Morgan fingerprint density at radius 1 is 1.44 bits per heavy atom. The average Bonchev–Trinajstić information content (AvgIpc) is 2.39. The van der Waals surface area contributed by atoms with Gasteiger partial charge in [0.2, 0.25) is 0 Å². The molecule has 1 aliphatic heterocycles. The summed E-state index contributed by atoms with van der Waals surface area (Å²) in [7, 11) is 2.05. The Morgan fingerprint density at radius 2 is 2.17 bits per heavy atom. The molecule has 0 radical (unpaired) electrons. The molecule has 2 atom stereocenters. The lowest BCUT2D eigenvalue weighted by Gasteiger charge is -2.30. The van der Waals surface area contributed by atoms with Crippen LogP contribution in [0.25, 0.3) is 0 Å². The monoisotopic (exact) mass is 248 g/mol. The number of hydrogen-bond acceptors (Lipinski definition) is 3. The topological polar surface area (TPSA) is 52.6 Å². The van der Waals surface area contributed by atoms with Crippen LogP contribution in [0.2, 0.25) is 0 Å². The Kier molecular flexibility index (Phi) is 4.33. The van der Waals surface area contributed by atoms with Crippen molar-refractivity contribution in [2.24, 2.45) is 0 Å². The first-order valence-corrected chi connectivity index (χ1v) is 6.39. The van der Waals surface area contributed by atoms with Gasteiger partial charge in [0.1, 0.15) is 0 Å². The molecule has 0 saturated carbocycles. The van der Waals surface area contributed by atoms with Gasteiger partial charge >= 0.3 is 0 Å². The maximum atomic E-state index is 11.9. The molecule has 1 fully saturated rings. The molecule has 1 aromatic rings. The molecular formula is C14H20N2O2. The highest BCUT2D eigenvalue weighted by molar-refractivity contribution is 5.82. The molecule has 1 heterocycles. The number of aliphatic hydroxyl groups excluding tert-OH is 1. The first-order chi connectivity index (χ1) is 8.66. The maximum absolute atomic E-state index is 11.9. The second-order valence-corrected chi connectivity index (χ2v) is 4.92. The average molecular weight is 248 g/mol. The maximum Gasteiger partial charge on any atom is 0.253 e. The molecule has 0 unspecified atom stereocenters. The number of likely N-dealkylation sites (N-methyl/N-ethyl adjacent to an activating group) is 1. The zero-order valence-corrected chi connectivity index (χ0v) is 10.7. The second-order valence-electron chi connectivity index (χ2n) is 4.92. The smallest absolute Gasteiger partial charge is 0.253 e. The number of nitrogens with zero attached hydrogens (tertiary/aromatic N) is 1. The van der Waals surface area contributed by atoms with Crippen molar-refractivity contribution in [3.63, 3.8) is 0 Å². The highest BCUT2D eigenvalue weighted by Gasteiger charge is 2.23. The van der Waals surface area contributed by atoms with Gasteiger partial charge in [-0.1, -0.05) is 30.3 Å². The molecule has 0 bridgehead atoms. The van der Waals surface area contributed by atoms with Crippen LogP contribution in [0.4, 0.5) is 0 Å². The van der Waals surface area contributed by atoms with Crippen molar-refractivity contribution < 1.29 is 9.90 Å². The summed E-state index contributed by atoms with van der Waals surface area (Å²) in [6.07, 6.45) is 0.999. The minimum Gasteiger partial charge on any atom is -0.378 e. The van der Waals surface area contributed by atoms with Crippen LogP contribution in [0.5, 0.6) is 0 Å². The van der Waals surface area contributed by atoms with Crippen LogP contribution in [-0.4, -0.2) is 42.1 Å². The van der Waals surface area contributed by atoms with Crippen LogP contribution < -0.4 is 5.32 Å². The predicted molar refractivity (Wildman–Crippen MR) is 70.1 cm³/mol. The fourth-order valence-electron chi connectivity index (χ4n) is 2.35. The van der Waals surface area contributed by atoms with Crippen molar-refractivity contribution >= 4 is 5.91 Å². The van der Waals surface area contributed by atoms with Gasteiger partial charge in [0.25, 0.3) is 5.91 Å². The van der Waals surface area contributed by atoms with Crippen LogP contribution in [0, 0.1) is 0 Å². The summed E-state index contributed by atoms with van der Waals surface area (Å²) >= 11 is 0. The van der Waals surface area contributed by atoms with Gasteiger partial charge in [-0.15, -0.1) is 0 Å². The first-order valence-electron chi connectivity index (χ1n) is 6.39. The van der Waals surface area contributed by atoms with E-state index in [4.69, 9.17) is 0 Å². The van der Waals surface area contributed by atoms with Gasteiger partial charge in [-0.2, -0.15) is 0 Å². The Morgan fingerprint density at radius 3 is 2.83 bits per heavy atom. The van der Waals surface area contributed by atoms with Gasteiger partial charge in [0, 0.05) is 12.6 Å². The van der Waals surface area contributed by atoms with E-state index in [1.165, 1.54) is 0 Å². The van der Waals surface area contributed by atoms with E-state index in [-0.39, 0.29) is 11.9 Å². The molecule has 2 rings (SSSR count). The first kappa shape index (κ1) is 13.1. The van der Waals surface area contributed by atoms with E-state index in [0.717, 1.165) is 25.9 Å². The van der Waals surface area contributed by atoms with Crippen LogP contribution in [0.1, 0.15) is 24.5 Å². The van der Waals surface area contributed by atoms with Crippen molar-refractivity contribution in [1.29, 1.82) is 0 Å². The predicted octanol–water partition coefficient (Wildman–Crippen LogP) is 0.930. The van der Waals surface area contributed by atoms with Gasteiger partial charge in [0.05, 0.1) is 0 Å². The minimum absolute atomic E-state index is 0.148. The van der Waals surface area contributed by atoms with Crippen molar-refractivity contribution in [1.82, 2.24) is 10.2 Å². The highest BCUT2D eigenvalue weighted by atomic mass is 16.3. The quantitative estimate of drug-likeness (QED) is 0.836. The Hall–Kier alpha value is -1.39. The van der Waals surface area contributed by atoms with Gasteiger partial charge in [-0.25, -0.2) is 0 Å². The number of likely N-dealkylation sites (tertiary alicyclic amines) is 1. The van der Waals surface area contributed by atoms with E-state index in [1.54, 1.807) is 12.1 Å². The molecule has 98 valence electrons. The largest absolute Gasteiger partial charge is 0.378 e. The molecule has 1 aliphatic rings. The SMILES string of the molecule is CN1CCC[C@@H](NC(=O)[C@@H](O)c2ccccc2)C1. The minimum atomic E-state index is -1.07. The number of nitrogens with one attached hydrogen (secondary N) is 1. The third-order valence-corrected chi connectivity index (χ3v) is 3.33. The van der Waals surface area contributed by atoms with E-state index >= 15 is 0 Å². The molecule has 0 aliphatic carbocycles. The molecular weight excluding hydrogens is 228 g/mol. The zero-order valence-electron chi connectivity index (χ0n) is 10.7. The summed E-state index contributed by atoms with van der Waals surface area (Å²) in [5, 5.41) is 12.9. The van der Waals surface area contributed by atoms with E-state index < -0.39 is 6.10 Å². The molecule has 18 heavy (non-hydrogen) atoms. The fraction of sp³-hybridized carbons (Fsp3) is 0.500. The molecule has 4 heteroatoms. The number of hydrogen-bond donors (Lipinski definition) is 2. The van der Waals surface area contributed by atoms with Crippen molar-refractivity contribution in [2.45, 2.75) is 25.0 Å². The lowest BCUT2D eigenvalue weighted by molar-refractivity contribution is -0.130. The summed E-state index contributed by atoms with van der Waals surface area (Å²) in [6.45, 7) is 1.93. The molecule has 2 N–H and O–H groups in total. The third kappa shape index (κ3) is 3.31. The molecule has 1 aromatic carbocycles. The van der Waals surface area contributed by atoms with E-state index in [1.807, 2.05) is 25.2 Å². The molecule has 1 saturated heterocycles. The lowest BCUT2D eigenvalue weighted by atomic mass is 10.0. The number of aliphatic hydroxyl groups is 1. The van der Waals surface area contributed by atoms with E-state index in [0.29, 0.717) is 5.56 Å². The number of carbonyl (C=O) groups excluding carboxylic acids is 1. The Labute approximate surface area is 108 Å². The van der Waals surface area contributed by atoms with Crippen molar-refractivity contribution in [3.8, 4) is 0 Å². The van der Waals surface area contributed by atoms with Crippen LogP contribution >= 0.6 is 0 Å². The lowest BCUT2D eigenvalue weighted by Crippen LogP contribution is -2.47. The van der Waals surface area contributed by atoms with Gasteiger partial charge in [0.15, 0.2) is 6.10 Å². The normalized spacial score (nSPS) is 22.4. The molecule has 0 spiro atoms. The van der Waals surface area contributed by atoms with E-state index in [2.05, 4.69) is 10.2 Å². The molecule has 0 aromatic heterocycles. The highest BCUT2D eigenvalue weighted by Crippen LogP contribution is 2.14. The second kappa shape index (κ2) is 5.98. The summed E-state index contributed by atoms with van der Waals surface area (Å²) in [5.41, 5.74) is 0.638. The Bertz CT molecular complexity index is 394. The standard InChI is InChI=1S/C14H20N2O2/c1-16-9-5-8-12(10-16)15-14(18)13(17)11-6-3-2-4-7-11/h2-4,6-7,12-13,17H,5,8-10H2,1H3,(H,15,18)/t12-,13+/m1/s1. The van der Waals surface area contributed by atoms with Gasteiger partial charge in [-0.05, 0) is 32.0 Å². The summed E-state index contributed by atoms with van der Waals surface area (Å²) in [4.78, 5) is 14.1. The number of carbonyl (C=O) groups is 1. The number of benzene rings is 1. The van der Waals surface area contributed by atoms with E-state index in [9.17, 15) is 9.90 Å². The Balaban J connectivity index is 1.91. The summed E-state index contributed by atoms with van der Waals surface area (Å²) in [5.74, 6) is -0.304. The van der Waals surface area contributed by atoms with Crippen LogP contribution in [0.3, 0.4) is 0 Å². The zero-order chi connectivity index (χ0) is 13.0. The summed E-state index contributed by atoms with van der Waals surface area (Å²) < 4.78 is 0. The summed E-state index contributed by atoms with van der Waals surface area (Å²) in [6, 6.07) is 9.17. The van der Waals surface area contributed by atoms with Crippen LogP contribution in [0.15, 0.2) is 30.3 Å². The van der Waals surface area contributed by atoms with Gasteiger partial charge < -0.3 is 15.3 Å². The van der Waals surface area contributed by atoms with Gasteiger partial charge in [-0.3, -0.25) is 4.79 Å². The third-order valence-electron chi connectivity index (χ3n) is 3.33. The van der Waals surface area contributed by atoms with Crippen molar-refractivity contribution in [2.75, 3.05) is 20.1 Å². The molecule has 1 amide bonds. The fourth-order valence-corrected chi connectivity index (χ4v) is 2.35. The number of piperidine rings is 1. The number of amides is 1.